The Balaban J connectivity index is 2.05. The third-order valence-corrected chi connectivity index (χ3v) is 5.27. The summed E-state index contributed by atoms with van der Waals surface area (Å²) >= 11 is 1.58. The molecule has 0 amide bonds. The van der Waals surface area contributed by atoms with Gasteiger partial charge in [-0.1, -0.05) is 35.9 Å². The molecule has 0 saturated heterocycles. The maximum atomic E-state index is 12.1. The van der Waals surface area contributed by atoms with Crippen LogP contribution in [0.5, 0.6) is 0 Å². The highest BCUT2D eigenvalue weighted by molar-refractivity contribution is 7.88. The number of hydrazine groups is 1. The Labute approximate surface area is 128 Å². The Bertz CT molecular complexity index is 780. The maximum Gasteiger partial charge on any atom is 0.228 e. The Morgan fingerprint density at radius 3 is 2.67 bits per heavy atom. The molecular formula is C15H16N2O2S2. The Morgan fingerprint density at radius 1 is 1.24 bits per heavy atom. The fourth-order valence-corrected chi connectivity index (χ4v) is 3.96. The molecule has 0 spiro atoms. The van der Waals surface area contributed by atoms with Gasteiger partial charge in [0.05, 0.1) is 22.9 Å². The van der Waals surface area contributed by atoms with E-state index in [9.17, 15) is 8.42 Å². The molecule has 1 aliphatic heterocycles. The van der Waals surface area contributed by atoms with Crippen LogP contribution in [0.2, 0.25) is 0 Å². The highest BCUT2D eigenvalue weighted by Crippen LogP contribution is 2.34. The number of thiophene rings is 1. The van der Waals surface area contributed by atoms with Gasteiger partial charge in [0.2, 0.25) is 10.0 Å². The summed E-state index contributed by atoms with van der Waals surface area (Å²) < 4.78 is 25.4. The molecule has 1 atom stereocenters. The van der Waals surface area contributed by atoms with Gasteiger partial charge in [-0.05, 0) is 30.0 Å². The first-order valence-electron chi connectivity index (χ1n) is 6.53. The lowest BCUT2D eigenvalue weighted by Gasteiger charge is -2.22. The molecule has 0 radical (unpaired) electrons. The molecule has 3 rings (SSSR count). The lowest BCUT2D eigenvalue weighted by molar-refractivity contribution is 0.351. The maximum absolute atomic E-state index is 12.1. The van der Waals surface area contributed by atoms with Gasteiger partial charge < -0.3 is 5.43 Å². The van der Waals surface area contributed by atoms with Crippen molar-refractivity contribution >= 4 is 27.1 Å². The summed E-state index contributed by atoms with van der Waals surface area (Å²) in [5.41, 5.74) is 5.92. The van der Waals surface area contributed by atoms with Crippen molar-refractivity contribution in [2.45, 2.75) is 13.0 Å². The third kappa shape index (κ3) is 2.88. The van der Waals surface area contributed by atoms with E-state index in [0.29, 0.717) is 0 Å². The zero-order valence-electron chi connectivity index (χ0n) is 11.8. The van der Waals surface area contributed by atoms with Crippen LogP contribution < -0.4 is 5.43 Å². The van der Waals surface area contributed by atoms with Gasteiger partial charge in [-0.25, -0.2) is 8.42 Å². The van der Waals surface area contributed by atoms with Crippen molar-refractivity contribution in [3.05, 3.63) is 63.9 Å². The van der Waals surface area contributed by atoms with E-state index in [2.05, 4.69) is 5.43 Å². The molecule has 2 heterocycles. The number of hydrogen-bond donors (Lipinski definition) is 1. The fraction of sp³-hybridized carbons (Fsp3) is 0.200. The number of aryl methyl sites for hydroxylation is 1. The Kier molecular flexibility index (Phi) is 3.61. The standard InChI is InChI=1S/C15H16N2O2S2/c1-11-5-3-6-12(9-11)14-10-13(15-7-4-8-20-15)16-17(14)21(2,18)19/h3-10,14,16H,1-2H3/t14-/m1/s1. The SMILES string of the molecule is Cc1cccc([C@H]2C=C(c3cccs3)NN2S(C)(=O)=O)c1. The molecule has 1 aliphatic rings. The molecule has 1 N–H and O–H groups in total. The van der Waals surface area contributed by atoms with Crippen molar-refractivity contribution in [3.63, 3.8) is 0 Å². The van der Waals surface area contributed by atoms with Crippen molar-refractivity contribution in [2.24, 2.45) is 0 Å². The van der Waals surface area contributed by atoms with Gasteiger partial charge in [-0.2, -0.15) is 0 Å². The van der Waals surface area contributed by atoms with Gasteiger partial charge in [-0.3, -0.25) is 0 Å². The van der Waals surface area contributed by atoms with Crippen molar-refractivity contribution < 1.29 is 8.42 Å². The minimum Gasteiger partial charge on any atom is -0.304 e. The van der Waals surface area contributed by atoms with Gasteiger partial charge in [0.15, 0.2) is 0 Å². The van der Waals surface area contributed by atoms with Gasteiger partial charge >= 0.3 is 0 Å². The molecule has 110 valence electrons. The molecular weight excluding hydrogens is 304 g/mol. The minimum absolute atomic E-state index is 0.322. The smallest absolute Gasteiger partial charge is 0.228 e. The van der Waals surface area contributed by atoms with Crippen molar-refractivity contribution in [1.29, 1.82) is 0 Å². The lowest BCUT2D eigenvalue weighted by atomic mass is 10.0. The molecule has 1 aromatic heterocycles. The zero-order valence-corrected chi connectivity index (χ0v) is 13.4. The Hall–Kier alpha value is -1.63. The third-order valence-electron chi connectivity index (χ3n) is 3.34. The predicted octanol–water partition coefficient (Wildman–Crippen LogP) is 2.92. The van der Waals surface area contributed by atoms with Crippen LogP contribution in [0, 0.1) is 6.92 Å². The van der Waals surface area contributed by atoms with E-state index in [1.807, 2.05) is 54.8 Å². The summed E-state index contributed by atoms with van der Waals surface area (Å²) in [6.07, 6.45) is 3.18. The number of hydrogen-bond acceptors (Lipinski definition) is 4. The predicted molar refractivity (Wildman–Crippen MR) is 86.0 cm³/mol. The summed E-state index contributed by atoms with van der Waals surface area (Å²) in [5.74, 6) is 0. The minimum atomic E-state index is -3.36. The zero-order chi connectivity index (χ0) is 15.0. The quantitative estimate of drug-likeness (QED) is 0.946. The first kappa shape index (κ1) is 14.3. The van der Waals surface area contributed by atoms with Crippen LogP contribution in [0.3, 0.4) is 0 Å². The normalized spacial score (nSPS) is 19.3. The van der Waals surface area contributed by atoms with Gasteiger partial charge in [0.1, 0.15) is 0 Å². The van der Waals surface area contributed by atoms with Gasteiger partial charge in [0.25, 0.3) is 0 Å². The van der Waals surface area contributed by atoms with Gasteiger partial charge in [0, 0.05) is 0 Å². The lowest BCUT2D eigenvalue weighted by Crippen LogP contribution is -2.38. The first-order valence-corrected chi connectivity index (χ1v) is 9.26. The summed E-state index contributed by atoms with van der Waals surface area (Å²) in [6, 6.07) is 11.5. The van der Waals surface area contributed by atoms with Crippen LogP contribution in [-0.2, 0) is 10.0 Å². The first-order chi connectivity index (χ1) is 9.95. The number of nitrogens with one attached hydrogen (secondary N) is 1. The van der Waals surface area contributed by atoms with Crippen LogP contribution in [0.1, 0.15) is 22.0 Å². The topological polar surface area (TPSA) is 49.4 Å². The van der Waals surface area contributed by atoms with E-state index in [1.165, 1.54) is 10.7 Å². The second kappa shape index (κ2) is 5.29. The highest BCUT2D eigenvalue weighted by Gasteiger charge is 2.33. The fourth-order valence-electron chi connectivity index (χ4n) is 2.40. The Morgan fingerprint density at radius 2 is 2.05 bits per heavy atom. The van der Waals surface area contributed by atoms with Gasteiger partial charge in [-0.15, -0.1) is 15.8 Å². The van der Waals surface area contributed by atoms with E-state index >= 15 is 0 Å². The van der Waals surface area contributed by atoms with Crippen LogP contribution >= 0.6 is 11.3 Å². The summed E-state index contributed by atoms with van der Waals surface area (Å²) in [5, 5.41) is 1.97. The van der Waals surface area contributed by atoms with E-state index in [-0.39, 0.29) is 6.04 Å². The summed E-state index contributed by atoms with van der Waals surface area (Å²) in [6.45, 7) is 2.00. The summed E-state index contributed by atoms with van der Waals surface area (Å²) in [4.78, 5) is 1.03. The number of sulfonamides is 1. The van der Waals surface area contributed by atoms with E-state index in [4.69, 9.17) is 0 Å². The molecule has 21 heavy (non-hydrogen) atoms. The van der Waals surface area contributed by atoms with Crippen molar-refractivity contribution in [3.8, 4) is 0 Å². The monoisotopic (exact) mass is 320 g/mol. The molecule has 0 bridgehead atoms. The van der Waals surface area contributed by atoms with Crippen LogP contribution in [0.15, 0.2) is 47.9 Å². The molecule has 0 saturated carbocycles. The second-order valence-corrected chi connectivity index (χ2v) is 7.89. The van der Waals surface area contributed by atoms with Crippen LogP contribution in [0.25, 0.3) is 5.70 Å². The van der Waals surface area contributed by atoms with E-state index in [1.54, 1.807) is 11.3 Å². The number of rotatable bonds is 3. The van der Waals surface area contributed by atoms with Crippen molar-refractivity contribution in [1.82, 2.24) is 9.84 Å². The molecule has 1 aromatic carbocycles. The largest absolute Gasteiger partial charge is 0.304 e. The van der Waals surface area contributed by atoms with E-state index in [0.717, 1.165) is 21.7 Å². The molecule has 6 heteroatoms. The molecule has 4 nitrogen and oxygen atoms in total. The summed E-state index contributed by atoms with van der Waals surface area (Å²) in [7, 11) is -3.36. The number of benzene rings is 1. The molecule has 0 unspecified atom stereocenters. The average molecular weight is 320 g/mol. The van der Waals surface area contributed by atoms with Crippen LogP contribution in [-0.4, -0.2) is 19.1 Å². The molecule has 0 fully saturated rings. The number of nitrogens with zero attached hydrogens (tertiary/aromatic N) is 1. The van der Waals surface area contributed by atoms with Crippen LogP contribution in [0.4, 0.5) is 0 Å². The molecule has 0 aliphatic carbocycles. The molecule has 2 aromatic rings. The average Bonchev–Trinajstić information content (AvgIpc) is 3.07. The van der Waals surface area contributed by atoms with E-state index < -0.39 is 10.0 Å². The van der Waals surface area contributed by atoms with Crippen molar-refractivity contribution in [2.75, 3.05) is 6.26 Å². The highest BCUT2D eigenvalue weighted by atomic mass is 32.2. The second-order valence-electron chi connectivity index (χ2n) is 5.09.